The summed E-state index contributed by atoms with van der Waals surface area (Å²) in [4.78, 5) is 32.0. The number of aromatic nitrogens is 3. The molecule has 0 N–H and O–H groups in total. The number of carbonyl (C=O) groups excluding carboxylic acids is 2. The van der Waals surface area contributed by atoms with Crippen molar-refractivity contribution in [2.24, 2.45) is 0 Å². The topological polar surface area (TPSA) is 80.0 Å². The smallest absolute Gasteiger partial charge is 0.259 e. The first-order valence-corrected chi connectivity index (χ1v) is 7.10. The van der Waals surface area contributed by atoms with Crippen LogP contribution >= 0.6 is 0 Å². The lowest BCUT2D eigenvalue weighted by atomic mass is 10.1. The summed E-state index contributed by atoms with van der Waals surface area (Å²) in [5.74, 6) is -0.180. The van der Waals surface area contributed by atoms with E-state index < -0.39 is 0 Å². The molecule has 2 amide bonds. The first-order chi connectivity index (χ1) is 10.6. The van der Waals surface area contributed by atoms with Crippen LogP contribution in [0.25, 0.3) is 5.65 Å². The molecular formula is C14H15N5O3. The summed E-state index contributed by atoms with van der Waals surface area (Å²) < 4.78 is 7.12. The zero-order valence-electron chi connectivity index (χ0n) is 12.0. The van der Waals surface area contributed by atoms with Gasteiger partial charge in [0, 0.05) is 32.5 Å². The first-order valence-electron chi connectivity index (χ1n) is 7.10. The maximum absolute atomic E-state index is 12.7. The van der Waals surface area contributed by atoms with Crippen LogP contribution in [-0.4, -0.2) is 75.1 Å². The molecule has 2 atom stereocenters. The molecule has 2 aromatic rings. The van der Waals surface area contributed by atoms with Gasteiger partial charge < -0.3 is 14.5 Å². The second-order valence-electron chi connectivity index (χ2n) is 5.58. The van der Waals surface area contributed by atoms with Crippen molar-refractivity contribution in [3.63, 3.8) is 0 Å². The molecule has 2 fully saturated rings. The monoisotopic (exact) mass is 301 g/mol. The van der Waals surface area contributed by atoms with Crippen LogP contribution in [0.3, 0.4) is 0 Å². The third-order valence-electron chi connectivity index (χ3n) is 4.35. The maximum atomic E-state index is 12.7. The van der Waals surface area contributed by atoms with E-state index in [-0.39, 0.29) is 30.6 Å². The second kappa shape index (κ2) is 4.77. The maximum Gasteiger partial charge on any atom is 0.259 e. The minimum atomic E-state index is -0.132. The summed E-state index contributed by atoms with van der Waals surface area (Å²) in [6.45, 7) is 1.03. The van der Waals surface area contributed by atoms with Gasteiger partial charge in [0.2, 0.25) is 5.91 Å². The van der Waals surface area contributed by atoms with Crippen LogP contribution in [0.2, 0.25) is 0 Å². The van der Waals surface area contributed by atoms with E-state index in [1.54, 1.807) is 39.8 Å². The normalized spacial score (nSPS) is 24.9. The third-order valence-corrected chi connectivity index (χ3v) is 4.35. The number of nitrogens with zero attached hydrogens (tertiary/aromatic N) is 5. The molecule has 2 aliphatic rings. The highest BCUT2D eigenvalue weighted by molar-refractivity contribution is 5.99. The number of hydrogen-bond donors (Lipinski definition) is 0. The zero-order chi connectivity index (χ0) is 15.3. The highest BCUT2D eigenvalue weighted by atomic mass is 16.5. The van der Waals surface area contributed by atoms with Crippen molar-refractivity contribution >= 4 is 17.5 Å². The van der Waals surface area contributed by atoms with E-state index in [0.717, 1.165) is 0 Å². The van der Waals surface area contributed by atoms with Crippen molar-refractivity contribution < 1.29 is 14.3 Å². The fraction of sp³-hybridized carbons (Fsp3) is 0.429. The van der Waals surface area contributed by atoms with E-state index in [4.69, 9.17) is 4.74 Å². The quantitative estimate of drug-likeness (QED) is 0.703. The number of hydrogen-bond acceptors (Lipinski definition) is 5. The summed E-state index contributed by atoms with van der Waals surface area (Å²) in [6, 6.07) is 1.67. The summed E-state index contributed by atoms with van der Waals surface area (Å²) in [5, 5.41) is 4.14. The highest BCUT2D eigenvalue weighted by Crippen LogP contribution is 2.24. The summed E-state index contributed by atoms with van der Waals surface area (Å²) >= 11 is 0. The first kappa shape index (κ1) is 13.2. The van der Waals surface area contributed by atoms with Crippen molar-refractivity contribution in [2.75, 3.05) is 26.7 Å². The van der Waals surface area contributed by atoms with E-state index in [2.05, 4.69) is 10.1 Å². The molecule has 22 heavy (non-hydrogen) atoms. The van der Waals surface area contributed by atoms with Crippen molar-refractivity contribution in [3.8, 4) is 0 Å². The van der Waals surface area contributed by atoms with Crippen LogP contribution in [0.1, 0.15) is 10.4 Å². The van der Waals surface area contributed by atoms with Crippen LogP contribution < -0.4 is 0 Å². The molecule has 2 aromatic heterocycles. The van der Waals surface area contributed by atoms with Gasteiger partial charge >= 0.3 is 0 Å². The number of morpholine rings is 1. The molecule has 0 aromatic carbocycles. The number of likely N-dealkylation sites (N-methyl/N-ethyl adjacent to an activating group) is 1. The van der Waals surface area contributed by atoms with Gasteiger partial charge in [0.05, 0.1) is 18.3 Å². The molecule has 0 unspecified atom stereocenters. The van der Waals surface area contributed by atoms with Crippen molar-refractivity contribution in [2.45, 2.75) is 12.1 Å². The van der Waals surface area contributed by atoms with Crippen LogP contribution in [0, 0.1) is 0 Å². The average Bonchev–Trinajstić information content (AvgIpc) is 3.15. The lowest BCUT2D eigenvalue weighted by Crippen LogP contribution is -2.51. The molecule has 0 radical (unpaired) electrons. The Hall–Kier alpha value is -2.48. The standard InChI is InChI=1S/C14H15N5O3/c1-17-10-6-18(7-11(10)22-8-12(17)20)14(21)9-5-16-19-4-2-3-15-13(9)19/h2-5,10-11H,6-8H2,1H3/t10-,11-/m0/s1. The Morgan fingerprint density at radius 3 is 3.14 bits per heavy atom. The molecule has 2 saturated heterocycles. The van der Waals surface area contributed by atoms with E-state index in [1.807, 2.05) is 0 Å². The molecule has 4 rings (SSSR count). The Morgan fingerprint density at radius 1 is 1.41 bits per heavy atom. The van der Waals surface area contributed by atoms with Gasteiger partial charge in [0.1, 0.15) is 12.2 Å². The van der Waals surface area contributed by atoms with E-state index >= 15 is 0 Å². The lowest BCUT2D eigenvalue weighted by Gasteiger charge is -2.33. The largest absolute Gasteiger partial charge is 0.364 e. The molecule has 0 spiro atoms. The molecular weight excluding hydrogens is 286 g/mol. The molecule has 0 bridgehead atoms. The van der Waals surface area contributed by atoms with Crippen LogP contribution in [-0.2, 0) is 9.53 Å². The van der Waals surface area contributed by atoms with Crippen LogP contribution in [0.15, 0.2) is 24.7 Å². The molecule has 8 nitrogen and oxygen atoms in total. The number of ether oxygens (including phenoxy) is 1. The van der Waals surface area contributed by atoms with E-state index in [1.165, 1.54) is 6.20 Å². The van der Waals surface area contributed by atoms with Crippen molar-refractivity contribution in [1.82, 2.24) is 24.4 Å². The van der Waals surface area contributed by atoms with E-state index in [9.17, 15) is 9.59 Å². The minimum Gasteiger partial charge on any atom is -0.364 e. The Morgan fingerprint density at radius 2 is 2.27 bits per heavy atom. The predicted molar refractivity (Wildman–Crippen MR) is 75.2 cm³/mol. The SMILES string of the molecule is CN1C(=O)CO[C@H]2CN(C(=O)c3cnn4cccnc34)C[C@@H]21. The van der Waals surface area contributed by atoms with Gasteiger partial charge in [-0.25, -0.2) is 9.50 Å². The molecule has 4 heterocycles. The molecule has 114 valence electrons. The van der Waals surface area contributed by atoms with Gasteiger partial charge in [-0.1, -0.05) is 0 Å². The fourth-order valence-corrected chi connectivity index (χ4v) is 3.07. The van der Waals surface area contributed by atoms with Gasteiger partial charge in [-0.05, 0) is 6.07 Å². The van der Waals surface area contributed by atoms with Crippen molar-refractivity contribution in [1.29, 1.82) is 0 Å². The molecule has 8 heteroatoms. The molecule has 0 aliphatic carbocycles. The zero-order valence-corrected chi connectivity index (χ0v) is 12.0. The van der Waals surface area contributed by atoms with Gasteiger partial charge in [0.25, 0.3) is 5.91 Å². The predicted octanol–water partition coefficient (Wildman–Crippen LogP) is -0.589. The fourth-order valence-electron chi connectivity index (χ4n) is 3.07. The van der Waals surface area contributed by atoms with E-state index in [0.29, 0.717) is 24.3 Å². The summed E-state index contributed by atoms with van der Waals surface area (Å²) in [5.41, 5.74) is 1.00. The lowest BCUT2D eigenvalue weighted by molar-refractivity contribution is -0.150. The number of rotatable bonds is 1. The Bertz CT molecular complexity index is 758. The molecule has 2 aliphatic heterocycles. The summed E-state index contributed by atoms with van der Waals surface area (Å²) in [6.07, 6.45) is 4.79. The Labute approximate surface area is 126 Å². The second-order valence-corrected chi connectivity index (χ2v) is 5.58. The minimum absolute atomic E-state index is 0.0480. The average molecular weight is 301 g/mol. The van der Waals surface area contributed by atoms with Crippen LogP contribution in [0.4, 0.5) is 0 Å². The summed E-state index contributed by atoms with van der Waals surface area (Å²) in [7, 11) is 1.76. The van der Waals surface area contributed by atoms with Crippen LogP contribution in [0.5, 0.6) is 0 Å². The number of amides is 2. The Kier molecular flexibility index (Phi) is 2.86. The highest BCUT2D eigenvalue weighted by Gasteiger charge is 2.43. The third kappa shape index (κ3) is 1.87. The molecule has 0 saturated carbocycles. The van der Waals surface area contributed by atoms with Gasteiger partial charge in [0.15, 0.2) is 5.65 Å². The number of carbonyl (C=O) groups is 2. The Balaban J connectivity index is 1.61. The van der Waals surface area contributed by atoms with Crippen molar-refractivity contribution in [3.05, 3.63) is 30.2 Å². The van der Waals surface area contributed by atoms with Gasteiger partial charge in [-0.2, -0.15) is 5.10 Å². The number of fused-ring (bicyclic) bond motifs is 2. The number of likely N-dealkylation sites (tertiary alicyclic amines) is 1. The van der Waals surface area contributed by atoms with Gasteiger partial charge in [-0.15, -0.1) is 0 Å². The van der Waals surface area contributed by atoms with Gasteiger partial charge in [-0.3, -0.25) is 9.59 Å².